The number of rotatable bonds is 10. The van der Waals surface area contributed by atoms with E-state index >= 15 is 0 Å². The van der Waals surface area contributed by atoms with Gasteiger partial charge in [0.2, 0.25) is 0 Å². The molecule has 0 bridgehead atoms. The molecule has 0 fully saturated rings. The highest BCUT2D eigenvalue weighted by Crippen LogP contribution is 2.11. The Bertz CT molecular complexity index is 1010. The zero-order valence-corrected chi connectivity index (χ0v) is 16.3. The van der Waals surface area contributed by atoms with Crippen LogP contribution in [0.2, 0.25) is 0 Å². The summed E-state index contributed by atoms with van der Waals surface area (Å²) < 4.78 is 25.1. The summed E-state index contributed by atoms with van der Waals surface area (Å²) in [6.07, 6.45) is 0.563. The molecule has 1 heterocycles. The van der Waals surface area contributed by atoms with Gasteiger partial charge >= 0.3 is 0 Å². The maximum Gasteiger partial charge on any atom is 0.271 e. The van der Waals surface area contributed by atoms with E-state index < -0.39 is 0 Å². The number of halogens is 1. The van der Waals surface area contributed by atoms with Gasteiger partial charge in [0.05, 0.1) is 13.2 Å². The monoisotopic (exact) mass is 411 g/mol. The molecule has 8 heteroatoms. The Balaban J connectivity index is 1.43. The van der Waals surface area contributed by atoms with Crippen LogP contribution in [0.15, 0.2) is 71.5 Å². The highest BCUT2D eigenvalue weighted by Gasteiger charge is 2.09. The molecule has 156 valence electrons. The van der Waals surface area contributed by atoms with Gasteiger partial charge in [0, 0.05) is 12.6 Å². The zero-order valence-electron chi connectivity index (χ0n) is 16.3. The average molecular weight is 411 g/mol. The van der Waals surface area contributed by atoms with Crippen molar-refractivity contribution >= 4 is 5.91 Å². The van der Waals surface area contributed by atoms with E-state index in [0.29, 0.717) is 31.1 Å². The SMILES string of the molecule is O=C(NCCCOc1ccc(F)cc1)c1ccc(=O)n(CCOc2ccccc2)n1. The Morgan fingerprint density at radius 2 is 1.63 bits per heavy atom. The van der Waals surface area contributed by atoms with Gasteiger partial charge in [0.1, 0.15) is 29.6 Å². The van der Waals surface area contributed by atoms with Gasteiger partial charge in [-0.3, -0.25) is 9.59 Å². The molecule has 2 aromatic carbocycles. The van der Waals surface area contributed by atoms with Crippen LogP contribution in [0.4, 0.5) is 4.39 Å². The lowest BCUT2D eigenvalue weighted by Crippen LogP contribution is -2.31. The smallest absolute Gasteiger partial charge is 0.271 e. The van der Waals surface area contributed by atoms with Crippen molar-refractivity contribution in [3.05, 3.63) is 88.6 Å². The third-order valence-electron chi connectivity index (χ3n) is 4.10. The van der Waals surface area contributed by atoms with Crippen LogP contribution in [0.3, 0.4) is 0 Å². The highest BCUT2D eigenvalue weighted by atomic mass is 19.1. The number of amides is 1. The molecule has 1 aromatic heterocycles. The second kappa shape index (κ2) is 10.8. The number of nitrogens with one attached hydrogen (secondary N) is 1. The van der Waals surface area contributed by atoms with Crippen molar-refractivity contribution < 1.29 is 18.7 Å². The molecule has 0 atom stereocenters. The second-order valence-electron chi connectivity index (χ2n) is 6.35. The fourth-order valence-corrected chi connectivity index (χ4v) is 2.58. The number of carbonyl (C=O) groups is 1. The molecular weight excluding hydrogens is 389 g/mol. The molecule has 1 N–H and O–H groups in total. The van der Waals surface area contributed by atoms with Crippen LogP contribution < -0.4 is 20.3 Å². The average Bonchev–Trinajstić information content (AvgIpc) is 2.76. The first-order chi connectivity index (χ1) is 14.6. The first-order valence-electron chi connectivity index (χ1n) is 9.54. The predicted molar refractivity (Wildman–Crippen MR) is 109 cm³/mol. The summed E-state index contributed by atoms with van der Waals surface area (Å²) in [5.74, 6) is 0.557. The number of carbonyl (C=O) groups excluding carboxylic acids is 1. The molecular formula is C22H22FN3O4. The van der Waals surface area contributed by atoms with E-state index in [1.165, 1.54) is 28.9 Å². The minimum atomic E-state index is -0.380. The van der Waals surface area contributed by atoms with Crippen LogP contribution in [0, 0.1) is 5.82 Å². The number of para-hydroxylation sites is 1. The number of hydrogen-bond acceptors (Lipinski definition) is 5. The van der Waals surface area contributed by atoms with Crippen molar-refractivity contribution in [2.24, 2.45) is 0 Å². The molecule has 0 radical (unpaired) electrons. The molecule has 0 saturated carbocycles. The van der Waals surface area contributed by atoms with Crippen molar-refractivity contribution in [2.45, 2.75) is 13.0 Å². The quantitative estimate of drug-likeness (QED) is 0.519. The molecule has 0 spiro atoms. The molecule has 30 heavy (non-hydrogen) atoms. The van der Waals surface area contributed by atoms with Gasteiger partial charge in [0.15, 0.2) is 0 Å². The molecule has 0 saturated heterocycles. The number of ether oxygens (including phenoxy) is 2. The van der Waals surface area contributed by atoms with Gasteiger partial charge in [-0.05, 0) is 48.9 Å². The summed E-state index contributed by atoms with van der Waals surface area (Å²) in [6, 6.07) is 17.7. The summed E-state index contributed by atoms with van der Waals surface area (Å²) >= 11 is 0. The number of aromatic nitrogens is 2. The maximum absolute atomic E-state index is 12.8. The van der Waals surface area contributed by atoms with Crippen LogP contribution in [0.5, 0.6) is 11.5 Å². The van der Waals surface area contributed by atoms with Crippen molar-refractivity contribution in [3.63, 3.8) is 0 Å². The van der Waals surface area contributed by atoms with Crippen LogP contribution >= 0.6 is 0 Å². The van der Waals surface area contributed by atoms with E-state index in [0.717, 1.165) is 0 Å². The lowest BCUT2D eigenvalue weighted by Gasteiger charge is -2.09. The topological polar surface area (TPSA) is 82.5 Å². The molecule has 0 unspecified atom stereocenters. The first-order valence-corrected chi connectivity index (χ1v) is 9.54. The van der Waals surface area contributed by atoms with Gasteiger partial charge in [-0.15, -0.1) is 0 Å². The number of nitrogens with zero attached hydrogens (tertiary/aromatic N) is 2. The first kappa shape index (κ1) is 21.0. The Morgan fingerprint density at radius 1 is 0.933 bits per heavy atom. The van der Waals surface area contributed by atoms with Crippen molar-refractivity contribution in [1.82, 2.24) is 15.1 Å². The lowest BCUT2D eigenvalue weighted by molar-refractivity contribution is 0.0943. The minimum Gasteiger partial charge on any atom is -0.494 e. The van der Waals surface area contributed by atoms with Gasteiger partial charge in [-0.2, -0.15) is 5.10 Å². The molecule has 0 aliphatic carbocycles. The fourth-order valence-electron chi connectivity index (χ4n) is 2.58. The van der Waals surface area contributed by atoms with E-state index in [2.05, 4.69) is 10.4 Å². The molecule has 3 aromatic rings. The fraction of sp³-hybridized carbons (Fsp3) is 0.227. The summed E-state index contributed by atoms with van der Waals surface area (Å²) in [5.41, 5.74) is -0.162. The van der Waals surface area contributed by atoms with Crippen molar-refractivity contribution in [3.8, 4) is 11.5 Å². The molecule has 0 aliphatic rings. The Labute approximate surface area is 173 Å². The third-order valence-corrected chi connectivity index (χ3v) is 4.10. The largest absolute Gasteiger partial charge is 0.494 e. The van der Waals surface area contributed by atoms with Crippen molar-refractivity contribution in [2.75, 3.05) is 19.8 Å². The number of benzene rings is 2. The minimum absolute atomic E-state index is 0.147. The lowest BCUT2D eigenvalue weighted by atomic mass is 10.3. The Hall–Kier alpha value is -3.68. The highest BCUT2D eigenvalue weighted by molar-refractivity contribution is 5.91. The van der Waals surface area contributed by atoms with Gasteiger partial charge < -0.3 is 14.8 Å². The van der Waals surface area contributed by atoms with Crippen LogP contribution in [0.25, 0.3) is 0 Å². The zero-order chi connectivity index (χ0) is 21.2. The van der Waals surface area contributed by atoms with E-state index in [4.69, 9.17) is 9.47 Å². The van der Waals surface area contributed by atoms with E-state index in [-0.39, 0.29) is 36.1 Å². The Morgan fingerprint density at radius 3 is 2.40 bits per heavy atom. The standard InChI is InChI=1S/C22H22FN3O4/c23-17-7-9-19(10-8-17)29-15-4-13-24-22(28)20-11-12-21(27)26(25-20)14-16-30-18-5-2-1-3-6-18/h1-3,5-12H,4,13-16H2,(H,24,28). The molecule has 7 nitrogen and oxygen atoms in total. The van der Waals surface area contributed by atoms with Crippen LogP contribution in [-0.2, 0) is 6.54 Å². The molecule has 3 rings (SSSR count). The number of hydrogen-bond donors (Lipinski definition) is 1. The second-order valence-corrected chi connectivity index (χ2v) is 6.35. The van der Waals surface area contributed by atoms with Crippen molar-refractivity contribution in [1.29, 1.82) is 0 Å². The summed E-state index contributed by atoms with van der Waals surface area (Å²) in [4.78, 5) is 24.2. The van der Waals surface area contributed by atoms with Crippen LogP contribution in [0.1, 0.15) is 16.9 Å². The molecule has 0 aliphatic heterocycles. The van der Waals surface area contributed by atoms with Gasteiger partial charge in [-0.1, -0.05) is 18.2 Å². The van der Waals surface area contributed by atoms with E-state index in [1.807, 2.05) is 30.3 Å². The maximum atomic E-state index is 12.8. The summed E-state index contributed by atoms with van der Waals surface area (Å²) in [6.45, 7) is 1.22. The normalized spacial score (nSPS) is 10.4. The summed E-state index contributed by atoms with van der Waals surface area (Å²) in [5, 5.41) is 6.84. The van der Waals surface area contributed by atoms with Crippen LogP contribution in [-0.4, -0.2) is 35.4 Å². The molecule has 1 amide bonds. The van der Waals surface area contributed by atoms with Gasteiger partial charge in [-0.25, -0.2) is 9.07 Å². The van der Waals surface area contributed by atoms with E-state index in [9.17, 15) is 14.0 Å². The predicted octanol–water partition coefficient (Wildman–Crippen LogP) is 2.66. The third kappa shape index (κ3) is 6.44. The van der Waals surface area contributed by atoms with Gasteiger partial charge in [0.25, 0.3) is 11.5 Å². The van der Waals surface area contributed by atoms with E-state index in [1.54, 1.807) is 12.1 Å². The summed E-state index contributed by atoms with van der Waals surface area (Å²) in [7, 11) is 0. The Kier molecular flexibility index (Phi) is 7.54.